The first kappa shape index (κ1) is 18.9. The summed E-state index contributed by atoms with van der Waals surface area (Å²) in [6.45, 7) is 4.96. The van der Waals surface area contributed by atoms with E-state index in [4.69, 9.17) is 9.47 Å². The van der Waals surface area contributed by atoms with Crippen molar-refractivity contribution in [3.8, 4) is 11.5 Å². The number of carbonyl (C=O) groups excluding carboxylic acids is 1. The van der Waals surface area contributed by atoms with Gasteiger partial charge in [0, 0.05) is 29.7 Å². The second-order valence-electron chi connectivity index (χ2n) is 6.65. The molecule has 0 spiro atoms. The monoisotopic (exact) mass is 420 g/mol. The lowest BCUT2D eigenvalue weighted by molar-refractivity contribution is -0.116. The largest absolute Gasteiger partial charge is 0.486 e. The van der Waals surface area contributed by atoms with Crippen molar-refractivity contribution in [1.29, 1.82) is 0 Å². The van der Waals surface area contributed by atoms with Gasteiger partial charge in [-0.3, -0.25) is 9.52 Å². The first-order chi connectivity index (χ1) is 13.3. The predicted molar refractivity (Wildman–Crippen MR) is 108 cm³/mol. The van der Waals surface area contributed by atoms with Crippen LogP contribution in [-0.2, 0) is 14.8 Å². The van der Waals surface area contributed by atoms with Crippen LogP contribution in [0.1, 0.15) is 13.8 Å². The molecule has 4 rings (SSSR count). The minimum atomic E-state index is -3.83. The number of fused-ring (bicyclic) bond motifs is 2. The van der Waals surface area contributed by atoms with E-state index in [-0.39, 0.29) is 16.1 Å². The number of carbonyl (C=O) groups is 1. The van der Waals surface area contributed by atoms with Gasteiger partial charge in [-0.25, -0.2) is 8.42 Å². The molecular formula is C19H20N2O5S2. The Kier molecular flexibility index (Phi) is 4.88. The Morgan fingerprint density at radius 1 is 1.14 bits per heavy atom. The Morgan fingerprint density at radius 2 is 1.89 bits per heavy atom. The highest BCUT2D eigenvalue weighted by molar-refractivity contribution is 8.00. The molecule has 0 unspecified atom stereocenters. The number of ether oxygens (including phenoxy) is 2. The van der Waals surface area contributed by atoms with Crippen molar-refractivity contribution >= 4 is 39.1 Å². The fourth-order valence-electron chi connectivity index (χ4n) is 3.20. The Hall–Kier alpha value is -2.39. The standard InChI is InChI=1S/C19H20N2O5S2/c1-12-11-21(13(2)22)16-10-15(4-6-19(16)27-12)28(23,24)20-14-3-5-17-18(9-14)26-8-7-25-17/h3-6,9-10,12,20H,7-8,11H2,1-2H3/t12-/m1/s1. The lowest BCUT2D eigenvalue weighted by Crippen LogP contribution is -2.37. The average Bonchev–Trinajstić information content (AvgIpc) is 2.66. The quantitative estimate of drug-likeness (QED) is 0.821. The number of hydrogen-bond acceptors (Lipinski definition) is 6. The molecule has 2 heterocycles. The molecule has 28 heavy (non-hydrogen) atoms. The number of thioether (sulfide) groups is 1. The predicted octanol–water partition coefficient (Wildman–Crippen LogP) is 3.11. The van der Waals surface area contributed by atoms with Gasteiger partial charge in [-0.05, 0) is 30.3 Å². The second-order valence-corrected chi connectivity index (χ2v) is 9.81. The highest BCUT2D eigenvalue weighted by Gasteiger charge is 2.27. The molecule has 1 amide bonds. The summed E-state index contributed by atoms with van der Waals surface area (Å²) in [4.78, 5) is 14.6. The van der Waals surface area contributed by atoms with Crippen LogP contribution in [0.5, 0.6) is 11.5 Å². The zero-order chi connectivity index (χ0) is 19.9. The summed E-state index contributed by atoms with van der Waals surface area (Å²) in [5, 5.41) is 0.245. The molecule has 148 valence electrons. The molecule has 0 saturated heterocycles. The highest BCUT2D eigenvalue weighted by atomic mass is 32.2. The molecule has 9 heteroatoms. The molecule has 0 aromatic heterocycles. The van der Waals surface area contributed by atoms with Gasteiger partial charge in [0.15, 0.2) is 11.5 Å². The number of nitrogens with zero attached hydrogens (tertiary/aromatic N) is 1. The number of amides is 1. The smallest absolute Gasteiger partial charge is 0.261 e. The summed E-state index contributed by atoms with van der Waals surface area (Å²) in [5.41, 5.74) is 1.01. The van der Waals surface area contributed by atoms with E-state index in [1.807, 2.05) is 6.92 Å². The van der Waals surface area contributed by atoms with Gasteiger partial charge in [0.1, 0.15) is 13.2 Å². The van der Waals surface area contributed by atoms with E-state index in [9.17, 15) is 13.2 Å². The molecule has 1 atom stereocenters. The average molecular weight is 421 g/mol. The molecule has 0 saturated carbocycles. The van der Waals surface area contributed by atoms with Crippen molar-refractivity contribution in [3.05, 3.63) is 36.4 Å². The molecule has 0 bridgehead atoms. The van der Waals surface area contributed by atoms with Gasteiger partial charge in [0.2, 0.25) is 5.91 Å². The van der Waals surface area contributed by atoms with Crippen molar-refractivity contribution in [3.63, 3.8) is 0 Å². The molecule has 1 N–H and O–H groups in total. The number of nitrogens with one attached hydrogen (secondary N) is 1. The third kappa shape index (κ3) is 3.64. The molecule has 2 aliphatic rings. The van der Waals surface area contributed by atoms with Crippen LogP contribution in [0.2, 0.25) is 0 Å². The first-order valence-electron chi connectivity index (χ1n) is 8.85. The topological polar surface area (TPSA) is 84.9 Å². The summed E-state index contributed by atoms with van der Waals surface area (Å²) in [6, 6.07) is 9.77. The van der Waals surface area contributed by atoms with E-state index in [1.165, 1.54) is 6.92 Å². The van der Waals surface area contributed by atoms with Gasteiger partial charge in [-0.1, -0.05) is 6.92 Å². The minimum absolute atomic E-state index is 0.0996. The number of sulfonamides is 1. The van der Waals surface area contributed by atoms with Crippen LogP contribution in [0.15, 0.2) is 46.2 Å². The van der Waals surface area contributed by atoms with Crippen LogP contribution in [0, 0.1) is 0 Å². The van der Waals surface area contributed by atoms with Crippen LogP contribution < -0.4 is 19.1 Å². The lowest BCUT2D eigenvalue weighted by Gasteiger charge is -2.32. The Morgan fingerprint density at radius 3 is 2.64 bits per heavy atom. The fourth-order valence-corrected chi connectivity index (χ4v) is 5.37. The molecule has 0 radical (unpaired) electrons. The number of hydrogen-bond donors (Lipinski definition) is 1. The maximum atomic E-state index is 12.9. The molecule has 7 nitrogen and oxygen atoms in total. The van der Waals surface area contributed by atoms with Crippen LogP contribution in [0.4, 0.5) is 11.4 Å². The summed E-state index contributed by atoms with van der Waals surface area (Å²) in [5.74, 6) is 0.985. The van der Waals surface area contributed by atoms with Crippen molar-refractivity contribution in [2.45, 2.75) is 28.9 Å². The minimum Gasteiger partial charge on any atom is -0.486 e. The maximum Gasteiger partial charge on any atom is 0.261 e. The SMILES string of the molecule is CC(=O)N1C[C@@H](C)Sc2ccc(S(=O)(=O)Nc3ccc4c(c3)OCCO4)cc21. The second kappa shape index (κ2) is 7.21. The Labute approximate surface area is 168 Å². The van der Waals surface area contributed by atoms with Crippen molar-refractivity contribution in [2.24, 2.45) is 0 Å². The van der Waals surface area contributed by atoms with Crippen molar-refractivity contribution in [2.75, 3.05) is 29.4 Å². The van der Waals surface area contributed by atoms with E-state index in [0.29, 0.717) is 42.6 Å². The fraction of sp³-hybridized carbons (Fsp3) is 0.316. The first-order valence-corrected chi connectivity index (χ1v) is 11.2. The van der Waals surface area contributed by atoms with Crippen LogP contribution in [0.25, 0.3) is 0 Å². The maximum absolute atomic E-state index is 12.9. The van der Waals surface area contributed by atoms with Crippen LogP contribution in [-0.4, -0.2) is 39.3 Å². The third-order valence-electron chi connectivity index (χ3n) is 4.47. The molecular weight excluding hydrogens is 400 g/mol. The van der Waals surface area contributed by atoms with E-state index in [0.717, 1.165) is 4.90 Å². The summed E-state index contributed by atoms with van der Waals surface area (Å²) in [6.07, 6.45) is 0. The number of benzene rings is 2. The van der Waals surface area contributed by atoms with Crippen molar-refractivity contribution in [1.82, 2.24) is 0 Å². The highest BCUT2D eigenvalue weighted by Crippen LogP contribution is 2.40. The molecule has 2 aromatic carbocycles. The van der Waals surface area contributed by atoms with Gasteiger partial charge < -0.3 is 14.4 Å². The van der Waals surface area contributed by atoms with Gasteiger partial charge in [0.25, 0.3) is 10.0 Å². The lowest BCUT2D eigenvalue weighted by atomic mass is 10.2. The summed E-state index contributed by atoms with van der Waals surface area (Å²) in [7, 11) is -3.83. The number of rotatable bonds is 3. The Balaban J connectivity index is 1.65. The number of anilines is 2. The zero-order valence-corrected chi connectivity index (χ0v) is 17.1. The molecule has 0 fully saturated rings. The van der Waals surface area contributed by atoms with E-state index < -0.39 is 10.0 Å². The molecule has 2 aliphatic heterocycles. The van der Waals surface area contributed by atoms with Crippen molar-refractivity contribution < 1.29 is 22.7 Å². The van der Waals surface area contributed by atoms with Gasteiger partial charge in [-0.2, -0.15) is 0 Å². The van der Waals surface area contributed by atoms with E-state index in [1.54, 1.807) is 53.1 Å². The van der Waals surface area contributed by atoms with Crippen LogP contribution >= 0.6 is 11.8 Å². The summed E-state index contributed by atoms with van der Waals surface area (Å²) >= 11 is 1.63. The zero-order valence-electron chi connectivity index (χ0n) is 15.5. The molecule has 0 aliphatic carbocycles. The third-order valence-corrected chi connectivity index (χ3v) is 7.00. The van der Waals surface area contributed by atoms with E-state index >= 15 is 0 Å². The molecule has 2 aromatic rings. The normalized spacial score (nSPS) is 18.4. The van der Waals surface area contributed by atoms with Gasteiger partial charge in [-0.15, -0.1) is 11.8 Å². The van der Waals surface area contributed by atoms with E-state index in [2.05, 4.69) is 4.72 Å². The summed E-state index contributed by atoms with van der Waals surface area (Å²) < 4.78 is 39.3. The van der Waals surface area contributed by atoms with Gasteiger partial charge in [0.05, 0.1) is 16.3 Å². The van der Waals surface area contributed by atoms with Gasteiger partial charge >= 0.3 is 0 Å². The Bertz CT molecular complexity index is 1040. The van der Waals surface area contributed by atoms with Crippen LogP contribution in [0.3, 0.4) is 0 Å².